The van der Waals surface area contributed by atoms with Crippen molar-refractivity contribution in [2.24, 2.45) is 7.05 Å². The van der Waals surface area contributed by atoms with E-state index in [1.54, 1.807) is 0 Å². The van der Waals surface area contributed by atoms with Crippen LogP contribution in [0.4, 0.5) is 0 Å². The van der Waals surface area contributed by atoms with Crippen LogP contribution in [0.1, 0.15) is 51.0 Å². The molecule has 0 amide bonds. The quantitative estimate of drug-likeness (QED) is 0.831. The fourth-order valence-corrected chi connectivity index (χ4v) is 3.00. The van der Waals surface area contributed by atoms with Crippen LogP contribution in [0.3, 0.4) is 0 Å². The second-order valence-corrected chi connectivity index (χ2v) is 5.90. The molecule has 1 aromatic carbocycles. The summed E-state index contributed by atoms with van der Waals surface area (Å²) >= 11 is 0. The number of fused-ring (bicyclic) bond motifs is 1. The summed E-state index contributed by atoms with van der Waals surface area (Å²) in [6, 6.07) is 4.29. The van der Waals surface area contributed by atoms with Crippen LogP contribution in [0.5, 0.6) is 5.75 Å². The highest BCUT2D eigenvalue weighted by Gasteiger charge is 2.19. The predicted octanol–water partition coefficient (Wildman–Crippen LogP) is 4.02. The third kappa shape index (κ3) is 2.34. The summed E-state index contributed by atoms with van der Waals surface area (Å²) in [5.74, 6) is 1.46. The largest absolute Gasteiger partial charge is 0.488 e. The molecule has 19 heavy (non-hydrogen) atoms. The normalized spacial score (nSPS) is 16.6. The van der Waals surface area contributed by atoms with Gasteiger partial charge in [0, 0.05) is 18.6 Å². The molecule has 1 fully saturated rings. The third-order valence-electron chi connectivity index (χ3n) is 4.01. The lowest BCUT2D eigenvalue weighted by Crippen LogP contribution is -2.11. The second kappa shape index (κ2) is 4.87. The molecule has 0 aliphatic heterocycles. The average molecular weight is 258 g/mol. The molecule has 1 heterocycles. The number of hydrogen-bond donors (Lipinski definition) is 0. The topological polar surface area (TPSA) is 27.1 Å². The first-order valence-electron chi connectivity index (χ1n) is 7.28. The molecule has 1 aliphatic carbocycles. The number of aromatic nitrogens is 2. The van der Waals surface area contributed by atoms with Crippen molar-refractivity contribution < 1.29 is 4.74 Å². The summed E-state index contributed by atoms with van der Waals surface area (Å²) in [6.45, 7) is 4.44. The van der Waals surface area contributed by atoms with E-state index in [-0.39, 0.29) is 0 Å². The van der Waals surface area contributed by atoms with E-state index in [2.05, 4.69) is 37.3 Å². The summed E-state index contributed by atoms with van der Waals surface area (Å²) in [6.07, 6.45) is 7.43. The second-order valence-electron chi connectivity index (χ2n) is 5.90. The van der Waals surface area contributed by atoms with Crippen LogP contribution in [-0.4, -0.2) is 15.9 Å². The van der Waals surface area contributed by atoms with Crippen molar-refractivity contribution in [1.29, 1.82) is 0 Å². The van der Waals surface area contributed by atoms with Gasteiger partial charge in [-0.25, -0.2) is 0 Å². The van der Waals surface area contributed by atoms with Gasteiger partial charge < -0.3 is 4.74 Å². The molecule has 3 rings (SSSR count). The number of benzene rings is 1. The summed E-state index contributed by atoms with van der Waals surface area (Å²) < 4.78 is 8.05. The SMILES string of the molecule is CC(C)c1ccc(OC2CCCC2)c2nn(C)cc12. The molecule has 1 aliphatic rings. The molecule has 0 spiro atoms. The summed E-state index contributed by atoms with van der Waals surface area (Å²) in [4.78, 5) is 0. The van der Waals surface area contributed by atoms with Crippen LogP contribution in [0.15, 0.2) is 18.3 Å². The summed E-state index contributed by atoms with van der Waals surface area (Å²) in [5.41, 5.74) is 2.36. The van der Waals surface area contributed by atoms with Crippen molar-refractivity contribution in [3.8, 4) is 5.75 Å². The van der Waals surface area contributed by atoms with Gasteiger partial charge in [-0.05, 0) is 43.2 Å². The Morgan fingerprint density at radius 1 is 1.26 bits per heavy atom. The first-order chi connectivity index (χ1) is 9.15. The molecule has 3 heteroatoms. The molecule has 102 valence electrons. The highest BCUT2D eigenvalue weighted by molar-refractivity contribution is 5.87. The van der Waals surface area contributed by atoms with Crippen molar-refractivity contribution in [2.45, 2.75) is 51.6 Å². The van der Waals surface area contributed by atoms with E-state index < -0.39 is 0 Å². The minimum Gasteiger partial charge on any atom is -0.488 e. The van der Waals surface area contributed by atoms with Crippen molar-refractivity contribution in [3.63, 3.8) is 0 Å². The maximum atomic E-state index is 6.16. The van der Waals surface area contributed by atoms with Gasteiger partial charge in [0.15, 0.2) is 0 Å². The maximum Gasteiger partial charge on any atom is 0.147 e. The Bertz CT molecular complexity index is 580. The minimum atomic E-state index is 0.384. The van der Waals surface area contributed by atoms with E-state index in [1.807, 2.05) is 11.7 Å². The Kier molecular flexibility index (Phi) is 3.21. The van der Waals surface area contributed by atoms with E-state index in [0.717, 1.165) is 11.3 Å². The Labute approximate surface area is 114 Å². The lowest BCUT2D eigenvalue weighted by atomic mass is 9.99. The molecule has 0 N–H and O–H groups in total. The number of hydrogen-bond acceptors (Lipinski definition) is 2. The first-order valence-corrected chi connectivity index (χ1v) is 7.28. The third-order valence-corrected chi connectivity index (χ3v) is 4.01. The zero-order valence-electron chi connectivity index (χ0n) is 12.0. The van der Waals surface area contributed by atoms with E-state index in [1.165, 1.54) is 36.6 Å². The smallest absolute Gasteiger partial charge is 0.147 e. The van der Waals surface area contributed by atoms with Gasteiger partial charge in [-0.2, -0.15) is 5.10 Å². The summed E-state index contributed by atoms with van der Waals surface area (Å²) in [7, 11) is 1.98. The van der Waals surface area contributed by atoms with Gasteiger partial charge in [-0.1, -0.05) is 19.9 Å². The van der Waals surface area contributed by atoms with Crippen LogP contribution >= 0.6 is 0 Å². The molecule has 0 bridgehead atoms. The van der Waals surface area contributed by atoms with Gasteiger partial charge in [0.05, 0.1) is 6.10 Å². The Morgan fingerprint density at radius 3 is 2.68 bits per heavy atom. The number of rotatable bonds is 3. The number of aryl methyl sites for hydroxylation is 1. The molecule has 0 saturated heterocycles. The summed E-state index contributed by atoms with van der Waals surface area (Å²) in [5, 5.41) is 5.82. The Morgan fingerprint density at radius 2 is 2.00 bits per heavy atom. The maximum absolute atomic E-state index is 6.16. The zero-order valence-corrected chi connectivity index (χ0v) is 12.0. The van der Waals surface area contributed by atoms with Crippen molar-refractivity contribution >= 4 is 10.9 Å². The van der Waals surface area contributed by atoms with Gasteiger partial charge in [0.1, 0.15) is 11.3 Å². The molecular weight excluding hydrogens is 236 g/mol. The van der Waals surface area contributed by atoms with Crippen LogP contribution in [0, 0.1) is 0 Å². The lowest BCUT2D eigenvalue weighted by molar-refractivity contribution is 0.212. The zero-order chi connectivity index (χ0) is 13.4. The number of ether oxygens (including phenoxy) is 1. The van der Waals surface area contributed by atoms with E-state index in [9.17, 15) is 0 Å². The van der Waals surface area contributed by atoms with Gasteiger partial charge in [0.25, 0.3) is 0 Å². The fourth-order valence-electron chi connectivity index (χ4n) is 3.00. The predicted molar refractivity (Wildman–Crippen MR) is 77.7 cm³/mol. The monoisotopic (exact) mass is 258 g/mol. The van der Waals surface area contributed by atoms with Crippen LogP contribution in [0.2, 0.25) is 0 Å². The molecular formula is C16H22N2O. The van der Waals surface area contributed by atoms with Crippen molar-refractivity contribution in [2.75, 3.05) is 0 Å². The van der Waals surface area contributed by atoms with Crippen molar-refractivity contribution in [1.82, 2.24) is 9.78 Å². The van der Waals surface area contributed by atoms with E-state index in [4.69, 9.17) is 4.74 Å². The molecule has 0 unspecified atom stereocenters. The van der Waals surface area contributed by atoms with Gasteiger partial charge in [-0.3, -0.25) is 4.68 Å². The van der Waals surface area contributed by atoms with Gasteiger partial charge in [-0.15, -0.1) is 0 Å². The molecule has 0 radical (unpaired) electrons. The van der Waals surface area contributed by atoms with Gasteiger partial charge >= 0.3 is 0 Å². The Hall–Kier alpha value is -1.51. The molecule has 3 nitrogen and oxygen atoms in total. The molecule has 1 saturated carbocycles. The molecule has 2 aromatic rings. The number of nitrogens with zero attached hydrogens (tertiary/aromatic N) is 2. The van der Waals surface area contributed by atoms with Gasteiger partial charge in [0.2, 0.25) is 0 Å². The molecule has 0 atom stereocenters. The fraction of sp³-hybridized carbons (Fsp3) is 0.562. The minimum absolute atomic E-state index is 0.384. The standard InChI is InChI=1S/C16H22N2O/c1-11(2)13-8-9-15(19-12-6-4-5-7-12)16-14(13)10-18(3)17-16/h8-12H,4-7H2,1-3H3. The highest BCUT2D eigenvalue weighted by Crippen LogP contribution is 2.33. The first kappa shape index (κ1) is 12.5. The average Bonchev–Trinajstić information content (AvgIpc) is 2.97. The lowest BCUT2D eigenvalue weighted by Gasteiger charge is -2.15. The van der Waals surface area contributed by atoms with E-state index >= 15 is 0 Å². The highest BCUT2D eigenvalue weighted by atomic mass is 16.5. The molecule has 1 aromatic heterocycles. The van der Waals surface area contributed by atoms with Crippen LogP contribution < -0.4 is 4.74 Å². The Balaban J connectivity index is 2.02. The van der Waals surface area contributed by atoms with Crippen LogP contribution in [0.25, 0.3) is 10.9 Å². The van der Waals surface area contributed by atoms with Crippen molar-refractivity contribution in [3.05, 3.63) is 23.9 Å². The van der Waals surface area contributed by atoms with Crippen LogP contribution in [-0.2, 0) is 7.05 Å². The van der Waals surface area contributed by atoms with E-state index in [0.29, 0.717) is 12.0 Å².